The summed E-state index contributed by atoms with van der Waals surface area (Å²) in [5, 5.41) is 9.99. The van der Waals surface area contributed by atoms with E-state index in [4.69, 9.17) is 29.4 Å². The molecule has 0 spiro atoms. The zero-order valence-corrected chi connectivity index (χ0v) is 25.0. The van der Waals surface area contributed by atoms with Crippen LogP contribution in [0.4, 0.5) is 4.39 Å². The number of fused-ring (bicyclic) bond motifs is 1. The van der Waals surface area contributed by atoms with Gasteiger partial charge in [-0.2, -0.15) is 5.26 Å². The summed E-state index contributed by atoms with van der Waals surface area (Å²) in [4.78, 5) is 12.9. The maximum Gasteiger partial charge on any atom is 0.343 e. The van der Waals surface area contributed by atoms with Gasteiger partial charge in [0.1, 0.15) is 41.3 Å². The standard InChI is InChI=1S/C36H33FN2O6/c1-3-4-7-18-42-26-13-10-23(11-14-26)36(40)44-27-15-16-28-32(20-27)45-35(39)29(21-38)34(28)24-12-17-31(33(19-24)41-2)43-22-25-8-5-6-9-30(25)37/h5-6,8-17,19-20,34H,3-4,7,18,22,39H2,1-2H3. The van der Waals surface area contributed by atoms with E-state index < -0.39 is 11.9 Å². The van der Waals surface area contributed by atoms with Gasteiger partial charge in [0.05, 0.1) is 25.2 Å². The highest BCUT2D eigenvalue weighted by atomic mass is 19.1. The number of hydrogen-bond donors (Lipinski definition) is 1. The van der Waals surface area contributed by atoms with Gasteiger partial charge in [-0.3, -0.25) is 0 Å². The molecule has 1 aliphatic rings. The molecule has 0 saturated heterocycles. The van der Waals surface area contributed by atoms with Crippen molar-refractivity contribution in [3.05, 3.63) is 124 Å². The Kier molecular flexibility index (Phi) is 9.85. The molecule has 1 heterocycles. The average Bonchev–Trinajstić information content (AvgIpc) is 3.06. The van der Waals surface area contributed by atoms with Gasteiger partial charge in [-0.1, -0.05) is 50.1 Å². The summed E-state index contributed by atoms with van der Waals surface area (Å²) < 4.78 is 42.7. The van der Waals surface area contributed by atoms with Crippen molar-refractivity contribution in [3.8, 4) is 34.8 Å². The maximum atomic E-state index is 14.1. The number of carbonyl (C=O) groups is 1. The third-order valence-corrected chi connectivity index (χ3v) is 7.37. The highest BCUT2D eigenvalue weighted by Crippen LogP contribution is 2.45. The first-order valence-corrected chi connectivity index (χ1v) is 14.6. The number of methoxy groups -OCH3 is 1. The number of hydrogen-bond acceptors (Lipinski definition) is 8. The van der Waals surface area contributed by atoms with Gasteiger partial charge in [0.15, 0.2) is 11.5 Å². The Balaban J connectivity index is 1.34. The molecule has 2 N–H and O–H groups in total. The number of halogens is 1. The molecule has 0 radical (unpaired) electrons. The first-order valence-electron chi connectivity index (χ1n) is 14.6. The van der Waals surface area contributed by atoms with Crippen molar-refractivity contribution in [2.75, 3.05) is 13.7 Å². The van der Waals surface area contributed by atoms with Crippen molar-refractivity contribution in [1.82, 2.24) is 0 Å². The van der Waals surface area contributed by atoms with E-state index in [0.717, 1.165) is 19.3 Å². The van der Waals surface area contributed by atoms with E-state index in [-0.39, 0.29) is 29.6 Å². The van der Waals surface area contributed by atoms with Crippen LogP contribution in [0.3, 0.4) is 0 Å². The minimum atomic E-state index is -0.595. The molecule has 1 unspecified atom stereocenters. The number of rotatable bonds is 12. The number of nitrogens with zero attached hydrogens (tertiary/aromatic N) is 1. The van der Waals surface area contributed by atoms with Gasteiger partial charge in [0.2, 0.25) is 5.88 Å². The van der Waals surface area contributed by atoms with Crippen LogP contribution in [0, 0.1) is 17.1 Å². The van der Waals surface area contributed by atoms with Crippen LogP contribution in [0.2, 0.25) is 0 Å². The molecular formula is C36H33FN2O6. The quantitative estimate of drug-likeness (QED) is 0.100. The molecule has 230 valence electrons. The molecule has 8 nitrogen and oxygen atoms in total. The summed E-state index contributed by atoms with van der Waals surface area (Å²) in [6.45, 7) is 2.77. The highest BCUT2D eigenvalue weighted by Gasteiger charge is 2.32. The monoisotopic (exact) mass is 608 g/mol. The molecule has 0 bridgehead atoms. The fraction of sp³-hybridized carbons (Fsp3) is 0.222. The summed E-state index contributed by atoms with van der Waals surface area (Å²) in [5.41, 5.74) is 8.51. The second kappa shape index (κ2) is 14.3. The van der Waals surface area contributed by atoms with Crippen molar-refractivity contribution >= 4 is 5.97 Å². The lowest BCUT2D eigenvalue weighted by Crippen LogP contribution is -2.21. The summed E-state index contributed by atoms with van der Waals surface area (Å²) >= 11 is 0. The van der Waals surface area contributed by atoms with Crippen LogP contribution in [0.15, 0.2) is 96.4 Å². The molecule has 45 heavy (non-hydrogen) atoms. The number of benzene rings is 4. The number of ether oxygens (including phenoxy) is 5. The summed E-state index contributed by atoms with van der Waals surface area (Å²) in [6, 6.07) is 25.5. The van der Waals surface area contributed by atoms with E-state index in [1.54, 1.807) is 78.9 Å². The summed E-state index contributed by atoms with van der Waals surface area (Å²) in [7, 11) is 1.50. The maximum absolute atomic E-state index is 14.1. The molecule has 0 amide bonds. The molecule has 0 saturated carbocycles. The molecule has 1 atom stereocenters. The van der Waals surface area contributed by atoms with Gasteiger partial charge >= 0.3 is 5.97 Å². The molecule has 4 aromatic carbocycles. The SMILES string of the molecule is CCCCCOc1ccc(C(=O)Oc2ccc3c(c2)OC(N)=C(C#N)C3c2ccc(OCc3ccccc3F)c(OC)c2)cc1. The van der Waals surface area contributed by atoms with Crippen LogP contribution in [0.25, 0.3) is 0 Å². The molecular weight excluding hydrogens is 575 g/mol. The van der Waals surface area contributed by atoms with Gasteiger partial charge in [0.25, 0.3) is 0 Å². The average molecular weight is 609 g/mol. The van der Waals surface area contributed by atoms with Crippen LogP contribution in [-0.4, -0.2) is 19.7 Å². The molecule has 5 rings (SSSR count). The Bertz CT molecular complexity index is 1750. The lowest BCUT2D eigenvalue weighted by atomic mass is 9.83. The number of unbranched alkanes of at least 4 members (excludes halogenated alkanes) is 2. The third kappa shape index (κ3) is 7.19. The fourth-order valence-corrected chi connectivity index (χ4v) is 4.99. The first kappa shape index (κ1) is 31.0. The number of allylic oxidation sites excluding steroid dienone is 1. The Morgan fingerprint density at radius 2 is 1.73 bits per heavy atom. The smallest absolute Gasteiger partial charge is 0.343 e. The third-order valence-electron chi connectivity index (χ3n) is 7.37. The Morgan fingerprint density at radius 1 is 0.956 bits per heavy atom. The van der Waals surface area contributed by atoms with Gasteiger partial charge in [-0.15, -0.1) is 0 Å². The normalized spacial score (nSPS) is 13.7. The second-order valence-corrected chi connectivity index (χ2v) is 10.4. The zero-order valence-electron chi connectivity index (χ0n) is 25.0. The first-order chi connectivity index (χ1) is 21.9. The van der Waals surface area contributed by atoms with Gasteiger partial charge in [0, 0.05) is 17.2 Å². The van der Waals surface area contributed by atoms with Crippen molar-refractivity contribution in [3.63, 3.8) is 0 Å². The largest absolute Gasteiger partial charge is 0.494 e. The molecule has 1 aliphatic heterocycles. The minimum Gasteiger partial charge on any atom is -0.494 e. The number of nitrogens with two attached hydrogens (primary N) is 1. The Morgan fingerprint density at radius 3 is 2.47 bits per heavy atom. The molecule has 9 heteroatoms. The van der Waals surface area contributed by atoms with Crippen LogP contribution >= 0.6 is 0 Å². The second-order valence-electron chi connectivity index (χ2n) is 10.4. The van der Waals surface area contributed by atoms with E-state index >= 15 is 0 Å². The van der Waals surface area contributed by atoms with E-state index in [9.17, 15) is 14.4 Å². The van der Waals surface area contributed by atoms with Crippen molar-refractivity contribution in [2.45, 2.75) is 38.7 Å². The molecule has 0 aliphatic carbocycles. The predicted octanol–water partition coefficient (Wildman–Crippen LogP) is 7.42. The topological polar surface area (TPSA) is 113 Å². The van der Waals surface area contributed by atoms with Crippen LogP contribution < -0.4 is 29.4 Å². The van der Waals surface area contributed by atoms with Crippen molar-refractivity contribution in [1.29, 1.82) is 5.26 Å². The molecule has 0 fully saturated rings. The Hall–Kier alpha value is -5.49. The fourth-order valence-electron chi connectivity index (χ4n) is 4.99. The zero-order chi connectivity index (χ0) is 31.8. The number of nitriles is 1. The van der Waals surface area contributed by atoms with Gasteiger partial charge < -0.3 is 29.4 Å². The van der Waals surface area contributed by atoms with Gasteiger partial charge in [-0.25, -0.2) is 9.18 Å². The van der Waals surface area contributed by atoms with E-state index in [2.05, 4.69) is 13.0 Å². The van der Waals surface area contributed by atoms with Crippen LogP contribution in [-0.2, 0) is 6.61 Å². The Labute approximate surface area is 261 Å². The lowest BCUT2D eigenvalue weighted by molar-refractivity contribution is 0.0734. The molecule has 0 aromatic heterocycles. The lowest BCUT2D eigenvalue weighted by Gasteiger charge is -2.27. The van der Waals surface area contributed by atoms with E-state index in [0.29, 0.717) is 51.9 Å². The van der Waals surface area contributed by atoms with Crippen molar-refractivity contribution in [2.24, 2.45) is 5.73 Å². The summed E-state index contributed by atoms with van der Waals surface area (Å²) in [5.74, 6) is 0.522. The number of esters is 1. The molecule has 4 aromatic rings. The van der Waals surface area contributed by atoms with Crippen LogP contribution in [0.5, 0.6) is 28.7 Å². The van der Waals surface area contributed by atoms with Crippen LogP contribution in [0.1, 0.15) is 59.2 Å². The van der Waals surface area contributed by atoms with E-state index in [1.807, 2.05) is 0 Å². The summed E-state index contributed by atoms with van der Waals surface area (Å²) in [6.07, 6.45) is 3.19. The van der Waals surface area contributed by atoms with E-state index in [1.165, 1.54) is 13.2 Å². The minimum absolute atomic E-state index is 0.0112. The number of carbonyl (C=O) groups excluding carboxylic acids is 1. The van der Waals surface area contributed by atoms with Gasteiger partial charge in [-0.05, 0) is 60.5 Å². The predicted molar refractivity (Wildman–Crippen MR) is 166 cm³/mol. The van der Waals surface area contributed by atoms with Crippen molar-refractivity contribution < 1.29 is 32.9 Å². The highest BCUT2D eigenvalue weighted by molar-refractivity contribution is 5.91.